The molecular formula is C10H24O3Si3. The summed E-state index contributed by atoms with van der Waals surface area (Å²) in [7, 11) is -4.92. The minimum Gasteiger partial charge on any atom is -0.436 e. The zero-order valence-corrected chi connectivity index (χ0v) is 14.3. The van der Waals surface area contributed by atoms with Crippen molar-refractivity contribution >= 4 is 25.2 Å². The van der Waals surface area contributed by atoms with Crippen LogP contribution in [0.2, 0.25) is 51.4 Å². The summed E-state index contributed by atoms with van der Waals surface area (Å²) in [5, 5.41) is 0. The van der Waals surface area contributed by atoms with Gasteiger partial charge >= 0.3 is 8.56 Å². The molecule has 2 aliphatic heterocycles. The Bertz CT molecular complexity index is 254. The zero-order valence-electron chi connectivity index (χ0n) is 11.3. The summed E-state index contributed by atoms with van der Waals surface area (Å²) in [6.45, 7) is 13.6. The predicted octanol–water partition coefficient (Wildman–Crippen LogP) is 2.91. The van der Waals surface area contributed by atoms with Gasteiger partial charge in [-0.1, -0.05) is 0 Å². The SMILES string of the molecule is C[Si](C)(C)O[Si]1(O[Si](C)(C)C)CC2OC2C1. The molecule has 94 valence electrons. The van der Waals surface area contributed by atoms with E-state index in [1.54, 1.807) is 0 Å². The molecular weight excluding hydrogens is 252 g/mol. The van der Waals surface area contributed by atoms with E-state index in [1.165, 1.54) is 0 Å². The molecule has 2 rings (SSSR count). The smallest absolute Gasteiger partial charge is 0.323 e. The van der Waals surface area contributed by atoms with E-state index in [-0.39, 0.29) is 0 Å². The van der Waals surface area contributed by atoms with Gasteiger partial charge < -0.3 is 13.0 Å². The number of fused-ring (bicyclic) bond motifs is 1. The summed E-state index contributed by atoms with van der Waals surface area (Å²) >= 11 is 0. The lowest BCUT2D eigenvalue weighted by atomic mass is 10.4. The van der Waals surface area contributed by atoms with Gasteiger partial charge in [-0.05, 0) is 39.3 Å². The van der Waals surface area contributed by atoms with E-state index in [2.05, 4.69) is 39.3 Å². The molecule has 3 nitrogen and oxygen atoms in total. The van der Waals surface area contributed by atoms with Crippen LogP contribution in [0.1, 0.15) is 0 Å². The third-order valence-corrected chi connectivity index (χ3v) is 12.6. The summed E-state index contributed by atoms with van der Waals surface area (Å²) in [5.41, 5.74) is 0. The van der Waals surface area contributed by atoms with Crippen LogP contribution in [0.15, 0.2) is 0 Å². The predicted molar refractivity (Wildman–Crippen MR) is 72.9 cm³/mol. The van der Waals surface area contributed by atoms with Crippen molar-refractivity contribution < 1.29 is 13.0 Å². The number of hydrogen-bond donors (Lipinski definition) is 0. The molecule has 0 aliphatic carbocycles. The molecule has 0 N–H and O–H groups in total. The Morgan fingerprint density at radius 3 is 1.56 bits per heavy atom. The van der Waals surface area contributed by atoms with Crippen LogP contribution in [-0.2, 0) is 13.0 Å². The fourth-order valence-electron chi connectivity index (χ4n) is 2.54. The molecule has 0 radical (unpaired) electrons. The van der Waals surface area contributed by atoms with Crippen LogP contribution in [0, 0.1) is 0 Å². The van der Waals surface area contributed by atoms with Crippen LogP contribution in [0.25, 0.3) is 0 Å². The zero-order chi connectivity index (χ0) is 12.2. The van der Waals surface area contributed by atoms with E-state index in [4.69, 9.17) is 13.0 Å². The van der Waals surface area contributed by atoms with Crippen LogP contribution < -0.4 is 0 Å². The Morgan fingerprint density at radius 1 is 0.875 bits per heavy atom. The maximum atomic E-state index is 6.47. The fraction of sp³-hybridized carbons (Fsp3) is 1.00. The van der Waals surface area contributed by atoms with Crippen molar-refractivity contribution in [1.82, 2.24) is 0 Å². The van der Waals surface area contributed by atoms with Crippen molar-refractivity contribution in [3.05, 3.63) is 0 Å². The maximum absolute atomic E-state index is 6.47. The van der Waals surface area contributed by atoms with Crippen molar-refractivity contribution in [3.8, 4) is 0 Å². The molecule has 0 spiro atoms. The van der Waals surface area contributed by atoms with Gasteiger partial charge in [0.05, 0.1) is 12.2 Å². The Balaban J connectivity index is 2.08. The van der Waals surface area contributed by atoms with Crippen molar-refractivity contribution in [3.63, 3.8) is 0 Å². The molecule has 6 heteroatoms. The molecule has 2 heterocycles. The van der Waals surface area contributed by atoms with E-state index in [0.717, 1.165) is 12.1 Å². The van der Waals surface area contributed by atoms with Gasteiger partial charge in [-0.2, -0.15) is 0 Å². The molecule has 0 aromatic heterocycles. The van der Waals surface area contributed by atoms with E-state index >= 15 is 0 Å². The van der Waals surface area contributed by atoms with E-state index in [0.29, 0.717) is 12.2 Å². The van der Waals surface area contributed by atoms with Gasteiger partial charge in [0.25, 0.3) is 0 Å². The van der Waals surface area contributed by atoms with E-state index in [1.807, 2.05) is 0 Å². The summed E-state index contributed by atoms with van der Waals surface area (Å²) in [6.07, 6.45) is 0.943. The average molecular weight is 277 g/mol. The highest BCUT2D eigenvalue weighted by Gasteiger charge is 2.62. The van der Waals surface area contributed by atoms with Crippen LogP contribution >= 0.6 is 0 Å². The molecule has 0 amide bonds. The summed E-state index contributed by atoms with van der Waals surface area (Å²) in [4.78, 5) is 0. The largest absolute Gasteiger partial charge is 0.436 e. The number of epoxide rings is 1. The third kappa shape index (κ3) is 3.27. The lowest BCUT2D eigenvalue weighted by Gasteiger charge is -2.39. The Labute approximate surface area is 102 Å². The van der Waals surface area contributed by atoms with E-state index < -0.39 is 25.2 Å². The van der Waals surface area contributed by atoms with Crippen LogP contribution in [-0.4, -0.2) is 37.4 Å². The monoisotopic (exact) mass is 276 g/mol. The van der Waals surface area contributed by atoms with Crippen LogP contribution in [0.4, 0.5) is 0 Å². The molecule has 0 aromatic rings. The molecule has 2 unspecified atom stereocenters. The lowest BCUT2D eigenvalue weighted by molar-refractivity contribution is 0.314. The maximum Gasteiger partial charge on any atom is 0.323 e. The topological polar surface area (TPSA) is 31.0 Å². The second kappa shape index (κ2) is 3.76. The summed E-state index contributed by atoms with van der Waals surface area (Å²) in [6, 6.07) is 2.15. The van der Waals surface area contributed by atoms with Gasteiger partial charge in [0.2, 0.25) is 0 Å². The molecule has 2 atom stereocenters. The highest BCUT2D eigenvalue weighted by molar-refractivity contribution is 6.88. The molecule has 2 fully saturated rings. The van der Waals surface area contributed by atoms with Gasteiger partial charge in [0.15, 0.2) is 16.6 Å². The molecule has 2 saturated heterocycles. The molecule has 0 bridgehead atoms. The van der Waals surface area contributed by atoms with Gasteiger partial charge in [-0.15, -0.1) is 0 Å². The fourth-order valence-corrected chi connectivity index (χ4v) is 15.5. The van der Waals surface area contributed by atoms with Crippen molar-refractivity contribution in [2.45, 2.75) is 63.6 Å². The number of ether oxygens (including phenoxy) is 1. The summed E-state index contributed by atoms with van der Waals surface area (Å²) in [5.74, 6) is 0. The first kappa shape index (κ1) is 13.0. The minimum absolute atomic E-state index is 0.472. The van der Waals surface area contributed by atoms with Crippen molar-refractivity contribution in [1.29, 1.82) is 0 Å². The van der Waals surface area contributed by atoms with E-state index in [9.17, 15) is 0 Å². The van der Waals surface area contributed by atoms with Gasteiger partial charge in [-0.3, -0.25) is 0 Å². The Morgan fingerprint density at radius 2 is 1.25 bits per heavy atom. The first-order valence-electron chi connectivity index (χ1n) is 6.14. The van der Waals surface area contributed by atoms with Crippen molar-refractivity contribution in [2.24, 2.45) is 0 Å². The quantitative estimate of drug-likeness (QED) is 0.584. The average Bonchev–Trinajstić information content (AvgIpc) is 2.50. The highest BCUT2D eigenvalue weighted by atomic mass is 28.5. The normalized spacial score (nSPS) is 32.6. The number of rotatable bonds is 4. The third-order valence-electron chi connectivity index (χ3n) is 2.70. The first-order valence-corrected chi connectivity index (χ1v) is 15.2. The standard InChI is InChI=1S/C10H24O3Si3/c1-14(2,3)12-16(13-15(4,5)6)7-9-10(8-16)11-9/h9-10H,7-8H2,1-6H3. The van der Waals surface area contributed by atoms with Gasteiger partial charge in [0, 0.05) is 12.1 Å². The van der Waals surface area contributed by atoms with Gasteiger partial charge in [-0.25, -0.2) is 0 Å². The Hall–Kier alpha value is 0.531. The molecule has 0 aromatic carbocycles. The minimum atomic E-state index is -1.92. The second-order valence-corrected chi connectivity index (χ2v) is 19.7. The molecule has 0 saturated carbocycles. The summed E-state index contributed by atoms with van der Waals surface area (Å²) < 4.78 is 18.5. The lowest BCUT2D eigenvalue weighted by Crippen LogP contribution is -2.54. The molecule has 2 aliphatic rings. The van der Waals surface area contributed by atoms with Crippen LogP contribution in [0.3, 0.4) is 0 Å². The second-order valence-electron chi connectivity index (χ2n) is 6.96. The Kier molecular flexibility index (Phi) is 3.05. The van der Waals surface area contributed by atoms with Crippen molar-refractivity contribution in [2.75, 3.05) is 0 Å². The molecule has 16 heavy (non-hydrogen) atoms. The highest BCUT2D eigenvalue weighted by Crippen LogP contribution is 2.48. The first-order chi connectivity index (χ1) is 7.09. The van der Waals surface area contributed by atoms with Gasteiger partial charge in [0.1, 0.15) is 0 Å². The van der Waals surface area contributed by atoms with Crippen LogP contribution in [0.5, 0.6) is 0 Å². The number of hydrogen-bond acceptors (Lipinski definition) is 3.